The molecule has 1 aromatic heterocycles. The SMILES string of the molecule is CC(O)C(NC(=O)NCc1nnc([C@@H](N)CC(N)=O)o1)C(=O)O. The summed E-state index contributed by atoms with van der Waals surface area (Å²) in [6.07, 6.45) is -1.45. The van der Waals surface area contributed by atoms with Crippen molar-refractivity contribution in [2.75, 3.05) is 0 Å². The molecule has 1 heterocycles. The average molecular weight is 330 g/mol. The Hall–Kier alpha value is -2.73. The van der Waals surface area contributed by atoms with Crippen molar-refractivity contribution in [3.05, 3.63) is 11.8 Å². The normalized spacial score (nSPS) is 14.6. The fourth-order valence-electron chi connectivity index (χ4n) is 1.53. The highest BCUT2D eigenvalue weighted by Crippen LogP contribution is 2.11. The van der Waals surface area contributed by atoms with Crippen LogP contribution in [0.1, 0.15) is 31.2 Å². The number of primary amides is 1. The number of carboxylic acids is 1. The summed E-state index contributed by atoms with van der Waals surface area (Å²) in [5.74, 6) is -2.03. The van der Waals surface area contributed by atoms with Gasteiger partial charge in [-0.3, -0.25) is 4.79 Å². The third-order valence-electron chi connectivity index (χ3n) is 2.66. The minimum atomic E-state index is -1.46. The number of nitrogens with two attached hydrogens (primary N) is 2. The van der Waals surface area contributed by atoms with Gasteiger partial charge in [-0.05, 0) is 6.92 Å². The lowest BCUT2D eigenvalue weighted by Gasteiger charge is -2.16. The van der Waals surface area contributed by atoms with Crippen LogP contribution in [0.4, 0.5) is 4.79 Å². The molecule has 128 valence electrons. The summed E-state index contributed by atoms with van der Waals surface area (Å²) in [4.78, 5) is 33.1. The highest BCUT2D eigenvalue weighted by atomic mass is 16.4. The first-order valence-corrected chi connectivity index (χ1v) is 6.52. The van der Waals surface area contributed by atoms with E-state index in [9.17, 15) is 19.5 Å². The van der Waals surface area contributed by atoms with Gasteiger partial charge < -0.3 is 36.7 Å². The zero-order valence-corrected chi connectivity index (χ0v) is 12.2. The predicted octanol–water partition coefficient (Wildman–Crippen LogP) is -2.42. The minimum Gasteiger partial charge on any atom is -0.480 e. The molecule has 0 spiro atoms. The van der Waals surface area contributed by atoms with Crippen molar-refractivity contribution in [2.45, 2.75) is 38.1 Å². The van der Waals surface area contributed by atoms with Crippen molar-refractivity contribution in [2.24, 2.45) is 11.5 Å². The Bertz CT molecular complexity index is 573. The number of aliphatic hydroxyl groups is 1. The molecule has 0 aliphatic heterocycles. The quantitative estimate of drug-likeness (QED) is 0.299. The summed E-state index contributed by atoms with van der Waals surface area (Å²) in [6.45, 7) is 1.03. The predicted molar refractivity (Wildman–Crippen MR) is 73.5 cm³/mol. The fraction of sp³-hybridized carbons (Fsp3) is 0.545. The van der Waals surface area contributed by atoms with Crippen LogP contribution in [0.3, 0.4) is 0 Å². The van der Waals surface area contributed by atoms with Gasteiger partial charge in [-0.25, -0.2) is 9.59 Å². The number of carbonyl (C=O) groups is 3. The number of urea groups is 1. The van der Waals surface area contributed by atoms with Crippen molar-refractivity contribution >= 4 is 17.9 Å². The molecular weight excluding hydrogens is 312 g/mol. The first-order valence-electron chi connectivity index (χ1n) is 6.52. The largest absolute Gasteiger partial charge is 0.480 e. The van der Waals surface area contributed by atoms with Crippen LogP contribution in [0.5, 0.6) is 0 Å². The van der Waals surface area contributed by atoms with Gasteiger partial charge in [0.2, 0.25) is 17.7 Å². The summed E-state index contributed by atoms with van der Waals surface area (Å²) in [6, 6.07) is -3.16. The molecule has 2 unspecified atom stereocenters. The number of aliphatic hydroxyl groups excluding tert-OH is 1. The molecule has 23 heavy (non-hydrogen) atoms. The summed E-state index contributed by atoms with van der Waals surface area (Å²) < 4.78 is 5.13. The number of carbonyl (C=O) groups excluding carboxylic acids is 2. The maximum atomic E-state index is 11.5. The Morgan fingerprint density at radius 3 is 2.52 bits per heavy atom. The van der Waals surface area contributed by atoms with Crippen LogP contribution in [-0.2, 0) is 16.1 Å². The number of nitrogens with zero attached hydrogens (tertiary/aromatic N) is 2. The Morgan fingerprint density at radius 2 is 2.00 bits per heavy atom. The zero-order chi connectivity index (χ0) is 17.6. The van der Waals surface area contributed by atoms with Gasteiger partial charge >= 0.3 is 12.0 Å². The third kappa shape index (κ3) is 5.88. The molecule has 0 radical (unpaired) electrons. The lowest BCUT2D eigenvalue weighted by Crippen LogP contribution is -2.51. The lowest BCUT2D eigenvalue weighted by atomic mass is 10.2. The molecule has 0 saturated heterocycles. The first kappa shape index (κ1) is 18.3. The molecule has 8 N–H and O–H groups in total. The minimum absolute atomic E-state index is 0.000933. The van der Waals surface area contributed by atoms with Crippen molar-refractivity contribution in [1.29, 1.82) is 0 Å². The standard InChI is InChI=1S/C11H18N6O6/c1-4(18)8(10(20)21)15-11(22)14-3-7-16-17-9(23-7)5(12)2-6(13)19/h4-5,8,18H,2-3,12H2,1H3,(H2,13,19)(H,20,21)(H2,14,15,22)/t4?,5-,8?/m0/s1. The Kier molecular flexibility index (Phi) is 6.41. The van der Waals surface area contributed by atoms with E-state index in [-0.39, 0.29) is 24.7 Å². The summed E-state index contributed by atoms with van der Waals surface area (Å²) in [5, 5.41) is 29.6. The van der Waals surface area contributed by atoms with Gasteiger partial charge in [0.1, 0.15) is 0 Å². The van der Waals surface area contributed by atoms with Crippen molar-refractivity contribution in [3.63, 3.8) is 0 Å². The summed E-state index contributed by atoms with van der Waals surface area (Å²) in [7, 11) is 0. The van der Waals surface area contributed by atoms with Crippen LogP contribution >= 0.6 is 0 Å². The Labute approximate surface area is 130 Å². The maximum absolute atomic E-state index is 11.5. The fourth-order valence-corrected chi connectivity index (χ4v) is 1.53. The van der Waals surface area contributed by atoms with Crippen molar-refractivity contribution in [3.8, 4) is 0 Å². The van der Waals surface area contributed by atoms with Crippen LogP contribution < -0.4 is 22.1 Å². The van der Waals surface area contributed by atoms with Crippen LogP contribution in [0, 0.1) is 0 Å². The van der Waals surface area contributed by atoms with Crippen molar-refractivity contribution < 1.29 is 29.0 Å². The lowest BCUT2D eigenvalue weighted by molar-refractivity contribution is -0.141. The molecule has 0 aliphatic rings. The number of hydrogen-bond acceptors (Lipinski definition) is 8. The zero-order valence-electron chi connectivity index (χ0n) is 12.2. The van der Waals surface area contributed by atoms with Gasteiger partial charge in [0.25, 0.3) is 0 Å². The van der Waals surface area contributed by atoms with Gasteiger partial charge in [0, 0.05) is 0 Å². The molecule has 0 saturated carbocycles. The number of hydrogen-bond donors (Lipinski definition) is 6. The first-order chi connectivity index (χ1) is 10.7. The van der Waals surface area contributed by atoms with Crippen LogP contribution in [0.25, 0.3) is 0 Å². The highest BCUT2D eigenvalue weighted by Gasteiger charge is 2.25. The number of nitrogens with one attached hydrogen (secondary N) is 2. The van der Waals surface area contributed by atoms with Gasteiger partial charge in [-0.15, -0.1) is 10.2 Å². The van der Waals surface area contributed by atoms with E-state index in [4.69, 9.17) is 21.0 Å². The van der Waals surface area contributed by atoms with Crippen LogP contribution in [0.2, 0.25) is 0 Å². The molecule has 0 aliphatic carbocycles. The molecule has 3 amide bonds. The molecule has 1 rings (SSSR count). The van der Waals surface area contributed by atoms with E-state index >= 15 is 0 Å². The number of carboxylic acid groups (broad SMARTS) is 1. The highest BCUT2D eigenvalue weighted by molar-refractivity contribution is 5.82. The van der Waals surface area contributed by atoms with E-state index in [2.05, 4.69) is 20.8 Å². The third-order valence-corrected chi connectivity index (χ3v) is 2.66. The molecular formula is C11H18N6O6. The molecule has 1 aromatic rings. The molecule has 12 nitrogen and oxygen atoms in total. The molecule has 0 fully saturated rings. The van der Waals surface area contributed by atoms with E-state index in [1.54, 1.807) is 0 Å². The maximum Gasteiger partial charge on any atom is 0.328 e. The molecule has 0 aromatic carbocycles. The molecule has 12 heteroatoms. The second kappa shape index (κ2) is 8.05. The number of aliphatic carboxylic acids is 1. The van der Waals surface area contributed by atoms with Crippen LogP contribution in [-0.4, -0.2) is 50.5 Å². The van der Waals surface area contributed by atoms with E-state index in [0.29, 0.717) is 0 Å². The summed E-state index contributed by atoms with van der Waals surface area (Å²) in [5.41, 5.74) is 10.6. The average Bonchev–Trinajstić information content (AvgIpc) is 2.90. The van der Waals surface area contributed by atoms with Gasteiger partial charge in [-0.2, -0.15) is 0 Å². The van der Waals surface area contributed by atoms with Gasteiger partial charge in [0.15, 0.2) is 6.04 Å². The van der Waals surface area contributed by atoms with Crippen molar-refractivity contribution in [1.82, 2.24) is 20.8 Å². The van der Waals surface area contributed by atoms with E-state index in [0.717, 1.165) is 0 Å². The second-order valence-corrected chi connectivity index (χ2v) is 4.69. The smallest absolute Gasteiger partial charge is 0.328 e. The van der Waals surface area contributed by atoms with E-state index in [1.807, 2.05) is 0 Å². The number of amides is 3. The van der Waals surface area contributed by atoms with Crippen LogP contribution in [0.15, 0.2) is 4.42 Å². The summed E-state index contributed by atoms with van der Waals surface area (Å²) >= 11 is 0. The van der Waals surface area contributed by atoms with E-state index < -0.39 is 36.1 Å². The number of aromatic nitrogens is 2. The van der Waals surface area contributed by atoms with E-state index in [1.165, 1.54) is 6.92 Å². The topological polar surface area (TPSA) is 207 Å². The Balaban J connectivity index is 2.52. The second-order valence-electron chi connectivity index (χ2n) is 4.69. The Morgan fingerprint density at radius 1 is 1.35 bits per heavy atom. The monoisotopic (exact) mass is 330 g/mol. The van der Waals surface area contributed by atoms with Gasteiger partial charge in [0.05, 0.1) is 25.1 Å². The van der Waals surface area contributed by atoms with Gasteiger partial charge in [-0.1, -0.05) is 0 Å². The molecule has 0 bridgehead atoms. The number of rotatable bonds is 8. The molecule has 3 atom stereocenters.